The second-order valence-corrected chi connectivity index (χ2v) is 7.06. The lowest BCUT2D eigenvalue weighted by atomic mass is 10.1. The van der Waals surface area contributed by atoms with Crippen LogP contribution in [0.15, 0.2) is 35.1 Å². The van der Waals surface area contributed by atoms with Gasteiger partial charge in [0.15, 0.2) is 5.69 Å². The number of nitrogens with one attached hydrogen (secondary N) is 2. The van der Waals surface area contributed by atoms with Gasteiger partial charge in [-0.25, -0.2) is 4.68 Å². The third kappa shape index (κ3) is 2.73. The van der Waals surface area contributed by atoms with Crippen LogP contribution in [0.3, 0.4) is 0 Å². The summed E-state index contributed by atoms with van der Waals surface area (Å²) in [5.41, 5.74) is 3.02. The van der Waals surface area contributed by atoms with E-state index in [9.17, 15) is 9.59 Å². The number of fused-ring (bicyclic) bond motifs is 2. The largest absolute Gasteiger partial charge is 0.377 e. The molecule has 1 amide bonds. The Morgan fingerprint density at radius 1 is 1.26 bits per heavy atom. The summed E-state index contributed by atoms with van der Waals surface area (Å²) in [4.78, 5) is 25.3. The lowest BCUT2D eigenvalue weighted by Crippen LogP contribution is -2.44. The number of carbonyl (C=O) groups is 1. The van der Waals surface area contributed by atoms with Crippen LogP contribution in [0.1, 0.15) is 34.2 Å². The monoisotopic (exact) mass is 365 g/mol. The van der Waals surface area contributed by atoms with Gasteiger partial charge in [0.2, 0.25) is 0 Å². The first-order valence-electron chi connectivity index (χ1n) is 9.14. The summed E-state index contributed by atoms with van der Waals surface area (Å²) in [6.45, 7) is 0.682. The van der Waals surface area contributed by atoms with Gasteiger partial charge in [-0.3, -0.25) is 14.7 Å². The van der Waals surface area contributed by atoms with Gasteiger partial charge in [0.05, 0.1) is 30.5 Å². The molecule has 1 aliphatic carbocycles. The SMILES string of the molecule is O=C(NC1COCC1n1nc2c(cc1=O)CCC2)c1n[nH]c2ccccc12. The molecule has 0 saturated carbocycles. The Hall–Kier alpha value is -3.00. The highest BCUT2D eigenvalue weighted by Gasteiger charge is 2.34. The van der Waals surface area contributed by atoms with Crippen LogP contribution in [0, 0.1) is 0 Å². The smallest absolute Gasteiger partial charge is 0.272 e. The fourth-order valence-corrected chi connectivity index (χ4v) is 3.95. The molecule has 3 heterocycles. The van der Waals surface area contributed by atoms with Crippen molar-refractivity contribution in [3.8, 4) is 0 Å². The molecule has 8 heteroatoms. The summed E-state index contributed by atoms with van der Waals surface area (Å²) >= 11 is 0. The van der Waals surface area contributed by atoms with Crippen molar-refractivity contribution in [3.63, 3.8) is 0 Å². The number of rotatable bonds is 3. The number of hydrogen-bond donors (Lipinski definition) is 2. The minimum atomic E-state index is -0.336. The Bertz CT molecular complexity index is 1090. The number of amides is 1. The van der Waals surface area contributed by atoms with E-state index in [1.807, 2.05) is 24.3 Å². The van der Waals surface area contributed by atoms with Crippen molar-refractivity contribution in [3.05, 3.63) is 57.6 Å². The zero-order chi connectivity index (χ0) is 18.4. The molecule has 1 aliphatic heterocycles. The van der Waals surface area contributed by atoms with Crippen molar-refractivity contribution in [2.24, 2.45) is 0 Å². The Labute approximate surface area is 154 Å². The lowest BCUT2D eigenvalue weighted by Gasteiger charge is -2.20. The summed E-state index contributed by atoms with van der Waals surface area (Å²) < 4.78 is 7.04. The predicted octanol–water partition coefficient (Wildman–Crippen LogP) is 0.978. The predicted molar refractivity (Wildman–Crippen MR) is 97.7 cm³/mol. The standard InChI is InChI=1S/C19H19N5O3/c25-17-8-11-4-3-7-13(11)23-24(17)16-10-27-9-15(16)20-19(26)18-12-5-1-2-6-14(12)21-22-18/h1-2,5-6,8,15-16H,3-4,7,9-10H2,(H,20,26)(H,21,22). The second kappa shape index (κ2) is 6.31. The van der Waals surface area contributed by atoms with Crippen LogP contribution in [0.25, 0.3) is 10.9 Å². The number of aromatic nitrogens is 4. The average molecular weight is 365 g/mol. The number of H-pyrrole nitrogens is 1. The van der Waals surface area contributed by atoms with Crippen molar-refractivity contribution in [2.45, 2.75) is 31.3 Å². The van der Waals surface area contributed by atoms with E-state index in [0.29, 0.717) is 18.9 Å². The van der Waals surface area contributed by atoms with Crippen molar-refractivity contribution >= 4 is 16.8 Å². The number of aromatic amines is 1. The second-order valence-electron chi connectivity index (χ2n) is 7.06. The van der Waals surface area contributed by atoms with Crippen LogP contribution in [-0.4, -0.2) is 45.1 Å². The first kappa shape index (κ1) is 16.2. The maximum atomic E-state index is 12.8. The molecule has 2 unspecified atom stereocenters. The molecule has 8 nitrogen and oxygen atoms in total. The molecule has 1 fully saturated rings. The molecule has 2 aromatic heterocycles. The minimum Gasteiger partial charge on any atom is -0.377 e. The summed E-state index contributed by atoms with van der Waals surface area (Å²) in [6, 6.07) is 8.49. The van der Waals surface area contributed by atoms with Crippen LogP contribution in [-0.2, 0) is 17.6 Å². The average Bonchev–Trinajstić information content (AvgIpc) is 3.39. The highest BCUT2D eigenvalue weighted by Crippen LogP contribution is 2.22. The van der Waals surface area contributed by atoms with Crippen LogP contribution >= 0.6 is 0 Å². The van der Waals surface area contributed by atoms with E-state index in [-0.39, 0.29) is 23.6 Å². The van der Waals surface area contributed by atoms with Crippen molar-refractivity contribution < 1.29 is 9.53 Å². The van der Waals surface area contributed by atoms with Crippen LogP contribution in [0.2, 0.25) is 0 Å². The van der Waals surface area contributed by atoms with Gasteiger partial charge in [0.25, 0.3) is 11.5 Å². The first-order chi connectivity index (χ1) is 13.2. The molecule has 2 N–H and O–H groups in total. The van der Waals surface area contributed by atoms with Crippen LogP contribution < -0.4 is 10.9 Å². The lowest BCUT2D eigenvalue weighted by molar-refractivity contribution is 0.0921. The topological polar surface area (TPSA) is 102 Å². The zero-order valence-corrected chi connectivity index (χ0v) is 14.6. The van der Waals surface area contributed by atoms with E-state index in [1.54, 1.807) is 6.07 Å². The molecule has 0 radical (unpaired) electrons. The summed E-state index contributed by atoms with van der Waals surface area (Å²) in [5.74, 6) is -0.290. The fourth-order valence-electron chi connectivity index (χ4n) is 3.95. The normalized spacial score (nSPS) is 21.5. The molecule has 3 aromatic rings. The first-order valence-corrected chi connectivity index (χ1v) is 9.14. The number of benzene rings is 1. The molecule has 1 saturated heterocycles. The Balaban J connectivity index is 1.42. The van der Waals surface area contributed by atoms with E-state index >= 15 is 0 Å². The van der Waals surface area contributed by atoms with Crippen molar-refractivity contribution in [2.75, 3.05) is 13.2 Å². The number of ether oxygens (including phenoxy) is 1. The number of hydrogen-bond acceptors (Lipinski definition) is 5. The number of carbonyl (C=O) groups excluding carboxylic acids is 1. The van der Waals surface area contributed by atoms with Gasteiger partial charge >= 0.3 is 0 Å². The van der Waals surface area contributed by atoms with Gasteiger partial charge in [-0.05, 0) is 30.9 Å². The van der Waals surface area contributed by atoms with Crippen LogP contribution in [0.4, 0.5) is 0 Å². The van der Waals surface area contributed by atoms with E-state index in [2.05, 4.69) is 20.6 Å². The molecule has 138 valence electrons. The molecular formula is C19H19N5O3. The maximum Gasteiger partial charge on any atom is 0.272 e. The van der Waals surface area contributed by atoms with Gasteiger partial charge in [-0.1, -0.05) is 18.2 Å². The van der Waals surface area contributed by atoms with Gasteiger partial charge in [-0.15, -0.1) is 0 Å². The summed E-state index contributed by atoms with van der Waals surface area (Å²) in [6.07, 6.45) is 2.82. The van der Waals surface area contributed by atoms with E-state index in [1.165, 1.54) is 4.68 Å². The van der Waals surface area contributed by atoms with Gasteiger partial charge in [-0.2, -0.15) is 10.2 Å². The molecular weight excluding hydrogens is 346 g/mol. The quantitative estimate of drug-likeness (QED) is 0.720. The van der Waals surface area contributed by atoms with Gasteiger partial charge < -0.3 is 10.1 Å². The number of para-hydroxylation sites is 1. The molecule has 1 aromatic carbocycles. The Kier molecular flexibility index (Phi) is 3.78. The molecule has 0 bridgehead atoms. The summed E-state index contributed by atoms with van der Waals surface area (Å²) in [7, 11) is 0. The maximum absolute atomic E-state index is 12.8. The zero-order valence-electron chi connectivity index (χ0n) is 14.6. The molecule has 2 aliphatic rings. The van der Waals surface area contributed by atoms with Crippen LogP contribution in [0.5, 0.6) is 0 Å². The molecule has 2 atom stereocenters. The number of aryl methyl sites for hydroxylation is 2. The van der Waals surface area contributed by atoms with E-state index in [0.717, 1.165) is 41.4 Å². The Morgan fingerprint density at radius 3 is 3.07 bits per heavy atom. The van der Waals surface area contributed by atoms with Crippen molar-refractivity contribution in [1.82, 2.24) is 25.3 Å². The third-order valence-corrected chi connectivity index (χ3v) is 5.35. The highest BCUT2D eigenvalue weighted by atomic mass is 16.5. The highest BCUT2D eigenvalue weighted by molar-refractivity contribution is 6.04. The number of nitrogens with zero attached hydrogens (tertiary/aromatic N) is 3. The van der Waals surface area contributed by atoms with Gasteiger partial charge in [0, 0.05) is 11.5 Å². The molecule has 0 spiro atoms. The van der Waals surface area contributed by atoms with Crippen molar-refractivity contribution in [1.29, 1.82) is 0 Å². The third-order valence-electron chi connectivity index (χ3n) is 5.35. The van der Waals surface area contributed by atoms with Gasteiger partial charge in [0.1, 0.15) is 6.04 Å². The Morgan fingerprint density at radius 2 is 2.15 bits per heavy atom. The fraction of sp³-hybridized carbons (Fsp3) is 0.368. The summed E-state index contributed by atoms with van der Waals surface area (Å²) in [5, 5.41) is 15.3. The van der Waals surface area contributed by atoms with E-state index < -0.39 is 0 Å². The van der Waals surface area contributed by atoms with E-state index in [4.69, 9.17) is 4.74 Å². The minimum absolute atomic E-state index is 0.143. The molecule has 27 heavy (non-hydrogen) atoms. The molecule has 5 rings (SSSR count).